The molecular weight excluding hydrogens is 527 g/mol. The summed E-state index contributed by atoms with van der Waals surface area (Å²) in [5.74, 6) is 0.596. The summed E-state index contributed by atoms with van der Waals surface area (Å²) >= 11 is 2.21. The smallest absolute Gasteiger partial charge is 0.0306 e. The van der Waals surface area contributed by atoms with E-state index in [9.17, 15) is 0 Å². The lowest BCUT2D eigenvalue weighted by molar-refractivity contribution is 0.541. The van der Waals surface area contributed by atoms with Gasteiger partial charge in [0.05, 0.1) is 0 Å². The van der Waals surface area contributed by atoms with Crippen LogP contribution in [-0.2, 0) is 0 Å². The Morgan fingerprint density at radius 3 is 1.50 bits per heavy atom. The molecule has 2 heteroatoms. The largest absolute Gasteiger partial charge is 0.365 e. The zero-order valence-electron chi connectivity index (χ0n) is 29.6. The minimum absolute atomic E-state index is 0.596. The average Bonchev–Trinajstić information content (AvgIpc) is 3.24. The van der Waals surface area contributed by atoms with E-state index in [0.29, 0.717) is 11.2 Å². The molecule has 1 N–H and O–H groups in total. The summed E-state index contributed by atoms with van der Waals surface area (Å²) < 4.78 is 0. The number of allylic oxidation sites excluding steroid dienone is 4. The van der Waals surface area contributed by atoms with Crippen molar-refractivity contribution >= 4 is 11.8 Å². The Morgan fingerprint density at radius 2 is 1.02 bits per heavy atom. The highest BCUT2D eigenvalue weighted by atomic mass is 32.2. The van der Waals surface area contributed by atoms with Gasteiger partial charge in [-0.15, -0.1) is 11.8 Å². The summed E-state index contributed by atoms with van der Waals surface area (Å²) in [7, 11) is 0. The van der Waals surface area contributed by atoms with Crippen LogP contribution in [0, 0.1) is 5.92 Å². The fourth-order valence-electron chi connectivity index (χ4n) is 6.52. The third kappa shape index (κ3) is 18.2. The van der Waals surface area contributed by atoms with E-state index < -0.39 is 0 Å². The average molecular weight is 602 g/mol. The van der Waals surface area contributed by atoms with Crippen molar-refractivity contribution in [3.05, 3.63) is 34.0 Å². The molecular formula is C40H75NS. The van der Waals surface area contributed by atoms with Crippen molar-refractivity contribution in [1.82, 2.24) is 5.32 Å². The molecule has 0 aliphatic heterocycles. The minimum atomic E-state index is 0.596. The number of hydrogen-bond acceptors (Lipinski definition) is 2. The number of rotatable bonds is 30. The second-order valence-electron chi connectivity index (χ2n) is 13.4. The third-order valence-corrected chi connectivity index (χ3v) is 10.2. The van der Waals surface area contributed by atoms with E-state index >= 15 is 0 Å². The van der Waals surface area contributed by atoms with Gasteiger partial charge in [-0.25, -0.2) is 0 Å². The van der Waals surface area contributed by atoms with Crippen molar-refractivity contribution in [3.63, 3.8) is 0 Å². The maximum absolute atomic E-state index is 3.96. The molecule has 42 heavy (non-hydrogen) atoms. The first-order chi connectivity index (χ1) is 20.6. The van der Waals surface area contributed by atoms with Crippen LogP contribution in [0.2, 0.25) is 0 Å². The van der Waals surface area contributed by atoms with Crippen molar-refractivity contribution in [2.45, 2.75) is 214 Å². The maximum atomic E-state index is 3.96. The highest BCUT2D eigenvalue weighted by Crippen LogP contribution is 2.49. The Labute approximate surface area is 270 Å². The van der Waals surface area contributed by atoms with Crippen LogP contribution >= 0.6 is 11.8 Å². The molecule has 1 aliphatic carbocycles. The van der Waals surface area contributed by atoms with Gasteiger partial charge < -0.3 is 5.32 Å². The Kier molecular flexibility index (Phi) is 26.2. The quantitative estimate of drug-likeness (QED) is 0.0822. The zero-order chi connectivity index (χ0) is 30.7. The minimum Gasteiger partial charge on any atom is -0.365 e. The summed E-state index contributed by atoms with van der Waals surface area (Å²) in [6, 6.07) is 0. The van der Waals surface area contributed by atoms with E-state index in [0.717, 1.165) is 0 Å². The van der Waals surface area contributed by atoms with Crippen molar-refractivity contribution in [2.75, 3.05) is 0 Å². The van der Waals surface area contributed by atoms with E-state index in [1.165, 1.54) is 167 Å². The molecule has 1 aliphatic rings. The number of nitrogens with one attached hydrogen (secondary N) is 1. The molecule has 0 fully saturated rings. The standard InChI is InChI=1S/C40H75NS/c1-7-11-15-18-21-23-25-27-31-36-37(32-28-26-22-19-16-12-8-2)40(42-35(5)6)38(33-29-24-20-17-13-9-3)39(36)41-34-30-14-10-4/h30,34-35,38,41H,7-29,31-33H2,1-6H3/b34-30+. The Balaban J connectivity index is 3.09. The predicted octanol–water partition coefficient (Wildman–Crippen LogP) is 14.6. The molecule has 0 saturated heterocycles. The van der Waals surface area contributed by atoms with Gasteiger partial charge in [-0.05, 0) is 60.8 Å². The van der Waals surface area contributed by atoms with Crippen molar-refractivity contribution in [3.8, 4) is 0 Å². The van der Waals surface area contributed by atoms with Gasteiger partial charge in [-0.1, -0.05) is 176 Å². The summed E-state index contributed by atoms with van der Waals surface area (Å²) in [5.41, 5.74) is 5.10. The first-order valence-corrected chi connectivity index (χ1v) is 20.0. The molecule has 0 aromatic carbocycles. The summed E-state index contributed by atoms with van der Waals surface area (Å²) in [6.07, 6.45) is 40.3. The molecule has 246 valence electrons. The molecule has 0 aromatic rings. The fourth-order valence-corrected chi connectivity index (χ4v) is 7.79. The molecule has 0 radical (unpaired) electrons. The SMILES string of the molecule is CCC/C=C/NC1=C(CCCCCCCCCC)C(CCCCCCCCC)=C(SC(C)C)C1CCCCCCCC. The number of unbranched alkanes of at least 4 members (excludes halogenated alkanes) is 19. The summed E-state index contributed by atoms with van der Waals surface area (Å²) in [6.45, 7) is 14.1. The normalized spacial score (nSPS) is 15.7. The summed E-state index contributed by atoms with van der Waals surface area (Å²) in [4.78, 5) is 1.76. The Morgan fingerprint density at radius 1 is 0.571 bits per heavy atom. The molecule has 1 unspecified atom stereocenters. The van der Waals surface area contributed by atoms with E-state index in [-0.39, 0.29) is 0 Å². The lowest BCUT2D eigenvalue weighted by Crippen LogP contribution is -2.16. The Hall–Kier alpha value is -0.630. The second kappa shape index (κ2) is 27.9. The molecule has 1 rings (SSSR count). The van der Waals surface area contributed by atoms with Gasteiger partial charge in [-0.2, -0.15) is 0 Å². The molecule has 0 aromatic heterocycles. The van der Waals surface area contributed by atoms with Gasteiger partial charge in [0, 0.05) is 16.9 Å². The predicted molar refractivity (Wildman–Crippen MR) is 195 cm³/mol. The lowest BCUT2D eigenvalue weighted by atomic mass is 9.95. The van der Waals surface area contributed by atoms with Crippen LogP contribution in [0.15, 0.2) is 34.0 Å². The summed E-state index contributed by atoms with van der Waals surface area (Å²) in [5, 5.41) is 4.60. The van der Waals surface area contributed by atoms with E-state index in [1.807, 2.05) is 0 Å². The first kappa shape index (κ1) is 39.4. The van der Waals surface area contributed by atoms with E-state index in [4.69, 9.17) is 0 Å². The van der Waals surface area contributed by atoms with E-state index in [2.05, 4.69) is 70.9 Å². The van der Waals surface area contributed by atoms with Crippen LogP contribution < -0.4 is 5.32 Å². The van der Waals surface area contributed by atoms with Gasteiger partial charge >= 0.3 is 0 Å². The van der Waals surface area contributed by atoms with Crippen molar-refractivity contribution < 1.29 is 0 Å². The van der Waals surface area contributed by atoms with Gasteiger partial charge in [0.15, 0.2) is 0 Å². The zero-order valence-corrected chi connectivity index (χ0v) is 30.4. The molecule has 0 heterocycles. The fraction of sp³-hybridized carbons (Fsp3) is 0.850. The molecule has 1 atom stereocenters. The molecule has 0 spiro atoms. The van der Waals surface area contributed by atoms with Gasteiger partial charge in [0.25, 0.3) is 0 Å². The number of hydrogen-bond donors (Lipinski definition) is 1. The first-order valence-electron chi connectivity index (χ1n) is 19.1. The van der Waals surface area contributed by atoms with Crippen molar-refractivity contribution in [2.24, 2.45) is 5.92 Å². The highest BCUT2D eigenvalue weighted by molar-refractivity contribution is 8.03. The van der Waals surface area contributed by atoms with Gasteiger partial charge in [-0.3, -0.25) is 0 Å². The molecule has 0 bridgehead atoms. The topological polar surface area (TPSA) is 12.0 Å². The van der Waals surface area contributed by atoms with Crippen molar-refractivity contribution in [1.29, 1.82) is 0 Å². The maximum Gasteiger partial charge on any atom is 0.0306 e. The van der Waals surface area contributed by atoms with Crippen LogP contribution in [0.3, 0.4) is 0 Å². The number of thioether (sulfide) groups is 1. The third-order valence-electron chi connectivity index (χ3n) is 8.98. The Bertz CT molecular complexity index is 715. The second-order valence-corrected chi connectivity index (χ2v) is 15.1. The van der Waals surface area contributed by atoms with Crippen LogP contribution in [-0.4, -0.2) is 5.25 Å². The van der Waals surface area contributed by atoms with Crippen LogP contribution in [0.5, 0.6) is 0 Å². The van der Waals surface area contributed by atoms with Gasteiger partial charge in [0.1, 0.15) is 0 Å². The highest BCUT2D eigenvalue weighted by Gasteiger charge is 2.33. The lowest BCUT2D eigenvalue weighted by Gasteiger charge is -2.21. The monoisotopic (exact) mass is 602 g/mol. The van der Waals surface area contributed by atoms with Crippen LogP contribution in [0.25, 0.3) is 0 Å². The van der Waals surface area contributed by atoms with Crippen LogP contribution in [0.4, 0.5) is 0 Å². The molecule has 0 saturated carbocycles. The molecule has 1 nitrogen and oxygen atoms in total. The van der Waals surface area contributed by atoms with Gasteiger partial charge in [0.2, 0.25) is 0 Å². The molecule has 0 amide bonds. The van der Waals surface area contributed by atoms with E-state index in [1.54, 1.807) is 21.7 Å². The van der Waals surface area contributed by atoms with Crippen LogP contribution in [0.1, 0.15) is 208 Å².